The Kier molecular flexibility index (Phi) is 4.71. The lowest BCUT2D eigenvalue weighted by atomic mass is 9.99. The van der Waals surface area contributed by atoms with Crippen LogP contribution in [0.2, 0.25) is 0 Å². The predicted molar refractivity (Wildman–Crippen MR) is 92.1 cm³/mol. The summed E-state index contributed by atoms with van der Waals surface area (Å²) < 4.78 is 0. The molecule has 1 saturated carbocycles. The van der Waals surface area contributed by atoms with Gasteiger partial charge >= 0.3 is 0 Å². The maximum Gasteiger partial charge on any atom is 0.237 e. The van der Waals surface area contributed by atoms with Gasteiger partial charge in [-0.1, -0.05) is 18.2 Å². The van der Waals surface area contributed by atoms with Crippen LogP contribution in [0.25, 0.3) is 6.08 Å². The van der Waals surface area contributed by atoms with Crippen molar-refractivity contribution < 1.29 is 9.90 Å². The summed E-state index contributed by atoms with van der Waals surface area (Å²) in [5.74, 6) is 1.02. The summed E-state index contributed by atoms with van der Waals surface area (Å²) in [6.07, 6.45) is 8.88. The molecule has 0 spiro atoms. The maximum absolute atomic E-state index is 12.5. The number of likely N-dealkylation sites (tertiary alicyclic amines) is 1. The van der Waals surface area contributed by atoms with Crippen LogP contribution in [0.4, 0.5) is 0 Å². The van der Waals surface area contributed by atoms with Gasteiger partial charge in [-0.2, -0.15) is 0 Å². The smallest absolute Gasteiger partial charge is 0.237 e. The number of hydrogen-bond donors (Lipinski definition) is 2. The molecule has 23 heavy (non-hydrogen) atoms. The molecular weight excluding hydrogens is 288 g/mol. The zero-order valence-electron chi connectivity index (χ0n) is 14.0. The Hall–Kier alpha value is -1.81. The lowest BCUT2D eigenvalue weighted by Crippen LogP contribution is -2.42. The molecule has 2 atom stereocenters. The molecule has 1 unspecified atom stereocenters. The van der Waals surface area contributed by atoms with E-state index < -0.39 is 0 Å². The summed E-state index contributed by atoms with van der Waals surface area (Å²) in [4.78, 5) is 14.6. The van der Waals surface area contributed by atoms with E-state index >= 15 is 0 Å². The van der Waals surface area contributed by atoms with Crippen LogP contribution >= 0.6 is 0 Å². The number of aromatic hydroxyl groups is 1. The fraction of sp³-hybridized carbons (Fsp3) is 0.526. The third-order valence-corrected chi connectivity index (χ3v) is 4.89. The number of likely N-dealkylation sites (N-methyl/N-ethyl adjacent to an activating group) is 1. The third kappa shape index (κ3) is 3.94. The molecule has 3 rings (SSSR count). The molecule has 1 aromatic rings. The molecule has 1 aliphatic heterocycles. The summed E-state index contributed by atoms with van der Waals surface area (Å²) in [5, 5.41) is 12.9. The van der Waals surface area contributed by atoms with Gasteiger partial charge in [0.1, 0.15) is 5.75 Å². The highest BCUT2D eigenvalue weighted by Gasteiger charge is 2.28. The van der Waals surface area contributed by atoms with Gasteiger partial charge in [0.2, 0.25) is 5.91 Å². The average Bonchev–Trinajstić information content (AvgIpc) is 3.25. The molecule has 124 valence electrons. The van der Waals surface area contributed by atoms with Crippen molar-refractivity contribution in [2.45, 2.75) is 44.7 Å². The zero-order chi connectivity index (χ0) is 16.4. The lowest BCUT2D eigenvalue weighted by Gasteiger charge is -2.23. The van der Waals surface area contributed by atoms with Crippen LogP contribution < -0.4 is 5.32 Å². The summed E-state index contributed by atoms with van der Waals surface area (Å²) in [7, 11) is 2.00. The number of allylic oxidation sites excluding steroid dienone is 1. The molecule has 2 N–H and O–H groups in total. The van der Waals surface area contributed by atoms with Crippen LogP contribution in [0.3, 0.4) is 0 Å². The van der Waals surface area contributed by atoms with E-state index in [1.807, 2.05) is 20.0 Å². The Morgan fingerprint density at radius 1 is 1.39 bits per heavy atom. The number of nitrogens with one attached hydrogen (secondary N) is 1. The Morgan fingerprint density at radius 3 is 2.83 bits per heavy atom. The Labute approximate surface area is 138 Å². The fourth-order valence-corrected chi connectivity index (χ4v) is 3.25. The van der Waals surface area contributed by atoms with E-state index in [4.69, 9.17) is 0 Å². The van der Waals surface area contributed by atoms with Crippen LogP contribution in [-0.4, -0.2) is 35.5 Å². The first-order chi connectivity index (χ1) is 11.0. The number of rotatable bonds is 5. The van der Waals surface area contributed by atoms with E-state index in [1.165, 1.54) is 12.8 Å². The van der Waals surface area contributed by atoms with Crippen LogP contribution in [0.5, 0.6) is 5.75 Å². The van der Waals surface area contributed by atoms with Gasteiger partial charge < -0.3 is 10.4 Å². The van der Waals surface area contributed by atoms with Crippen molar-refractivity contribution in [2.24, 2.45) is 5.92 Å². The van der Waals surface area contributed by atoms with Gasteiger partial charge in [-0.3, -0.25) is 9.69 Å². The van der Waals surface area contributed by atoms with E-state index in [-0.39, 0.29) is 23.7 Å². The molecule has 1 aromatic carbocycles. The van der Waals surface area contributed by atoms with E-state index in [0.29, 0.717) is 5.92 Å². The second-order valence-corrected chi connectivity index (χ2v) is 6.88. The first-order valence-electron chi connectivity index (χ1n) is 8.56. The van der Waals surface area contributed by atoms with Crippen LogP contribution in [-0.2, 0) is 4.79 Å². The van der Waals surface area contributed by atoms with E-state index in [1.54, 1.807) is 12.1 Å². The number of benzene rings is 1. The minimum Gasteiger partial charge on any atom is -0.508 e. The first-order valence-corrected chi connectivity index (χ1v) is 8.56. The highest BCUT2D eigenvalue weighted by molar-refractivity contribution is 5.82. The number of carbonyl (C=O) groups excluding carboxylic acids is 1. The summed E-state index contributed by atoms with van der Waals surface area (Å²) in [6, 6.07) is 5.24. The number of hydrogen-bond acceptors (Lipinski definition) is 3. The third-order valence-electron chi connectivity index (χ3n) is 4.89. The van der Waals surface area contributed by atoms with Gasteiger partial charge in [0.05, 0.1) is 12.1 Å². The maximum atomic E-state index is 12.5. The van der Waals surface area contributed by atoms with Gasteiger partial charge in [0.25, 0.3) is 0 Å². The molecule has 1 heterocycles. The SMILES string of the molecule is C[C@H](NC(=O)C1CCCN1C)c1cc(O)ccc1/C=C/C1CC1. The second kappa shape index (κ2) is 6.75. The van der Waals surface area contributed by atoms with Crippen molar-refractivity contribution in [2.75, 3.05) is 13.6 Å². The molecule has 0 bridgehead atoms. The quantitative estimate of drug-likeness (QED) is 0.878. The largest absolute Gasteiger partial charge is 0.508 e. The number of amides is 1. The molecule has 1 amide bonds. The van der Waals surface area contributed by atoms with Crippen molar-refractivity contribution in [1.29, 1.82) is 0 Å². The molecular formula is C19H26N2O2. The number of carbonyl (C=O) groups is 1. The molecule has 4 nitrogen and oxygen atoms in total. The Balaban J connectivity index is 1.73. The van der Waals surface area contributed by atoms with Crippen LogP contribution in [0.15, 0.2) is 24.3 Å². The van der Waals surface area contributed by atoms with Gasteiger partial charge in [-0.15, -0.1) is 0 Å². The standard InChI is InChI=1S/C19H26N2O2/c1-13(20-19(23)18-4-3-11-21(18)2)17-12-16(22)10-9-15(17)8-7-14-5-6-14/h7-10,12-14,18,22H,3-6,11H2,1-2H3,(H,20,23)/b8-7+/t13-,18?/m0/s1. The van der Waals surface area contributed by atoms with Crippen molar-refractivity contribution in [3.63, 3.8) is 0 Å². The summed E-state index contributed by atoms with van der Waals surface area (Å²) in [6.45, 7) is 2.96. The monoisotopic (exact) mass is 314 g/mol. The van der Waals surface area contributed by atoms with Gasteiger partial charge in [-0.25, -0.2) is 0 Å². The first kappa shape index (κ1) is 16.1. The van der Waals surface area contributed by atoms with E-state index in [2.05, 4.69) is 22.4 Å². The Bertz CT molecular complexity index is 607. The predicted octanol–water partition coefficient (Wildman–Crippen LogP) is 3.09. The number of phenols is 1. The minimum atomic E-state index is -0.123. The average molecular weight is 314 g/mol. The zero-order valence-corrected chi connectivity index (χ0v) is 14.0. The van der Waals surface area contributed by atoms with Crippen molar-refractivity contribution in [1.82, 2.24) is 10.2 Å². The molecule has 4 heteroatoms. The minimum absolute atomic E-state index is 0.0276. The highest BCUT2D eigenvalue weighted by Crippen LogP contribution is 2.32. The van der Waals surface area contributed by atoms with Crippen molar-refractivity contribution in [3.05, 3.63) is 35.4 Å². The van der Waals surface area contributed by atoms with Crippen molar-refractivity contribution in [3.8, 4) is 5.75 Å². The molecule has 0 radical (unpaired) electrons. The van der Waals surface area contributed by atoms with Gasteiger partial charge in [-0.05, 0) is 75.4 Å². The summed E-state index contributed by atoms with van der Waals surface area (Å²) in [5.41, 5.74) is 2.04. The molecule has 0 aromatic heterocycles. The number of nitrogens with zero attached hydrogens (tertiary/aromatic N) is 1. The van der Waals surface area contributed by atoms with E-state index in [9.17, 15) is 9.90 Å². The molecule has 1 aliphatic carbocycles. The number of phenolic OH excluding ortho intramolecular Hbond substituents is 1. The molecule has 2 aliphatic rings. The molecule has 2 fully saturated rings. The van der Waals surface area contributed by atoms with Crippen LogP contribution in [0, 0.1) is 5.92 Å². The van der Waals surface area contributed by atoms with Crippen molar-refractivity contribution >= 4 is 12.0 Å². The topological polar surface area (TPSA) is 52.6 Å². The van der Waals surface area contributed by atoms with E-state index in [0.717, 1.165) is 30.5 Å². The fourth-order valence-electron chi connectivity index (χ4n) is 3.25. The summed E-state index contributed by atoms with van der Waals surface area (Å²) >= 11 is 0. The highest BCUT2D eigenvalue weighted by atomic mass is 16.3. The van der Waals surface area contributed by atoms with Gasteiger partial charge in [0, 0.05) is 0 Å². The second-order valence-electron chi connectivity index (χ2n) is 6.88. The lowest BCUT2D eigenvalue weighted by molar-refractivity contribution is -0.125. The molecule has 1 saturated heterocycles. The van der Waals surface area contributed by atoms with Gasteiger partial charge in [0.15, 0.2) is 0 Å². The normalized spacial score (nSPS) is 23.3. The Morgan fingerprint density at radius 2 is 2.17 bits per heavy atom. The van der Waals surface area contributed by atoms with Crippen LogP contribution in [0.1, 0.15) is 49.8 Å².